The summed E-state index contributed by atoms with van der Waals surface area (Å²) in [5.74, 6) is 0. The maximum Gasteiger partial charge on any atom is 0.0107 e. The van der Waals surface area contributed by atoms with Crippen molar-refractivity contribution < 1.29 is 0 Å². The van der Waals surface area contributed by atoms with Crippen LogP contribution >= 0.6 is 0 Å². The van der Waals surface area contributed by atoms with Gasteiger partial charge in [-0.1, -0.05) is 6.42 Å². The van der Waals surface area contributed by atoms with E-state index in [4.69, 9.17) is 17.2 Å². The van der Waals surface area contributed by atoms with E-state index in [9.17, 15) is 0 Å². The molecule has 8 N–H and O–H groups in total. The van der Waals surface area contributed by atoms with Crippen molar-refractivity contribution in [2.45, 2.75) is 19.3 Å². The van der Waals surface area contributed by atoms with Gasteiger partial charge < -0.3 is 32.7 Å². The lowest BCUT2D eigenvalue weighted by molar-refractivity contribution is 0.267. The second-order valence-corrected chi connectivity index (χ2v) is 4.77. The molecule has 19 heavy (non-hydrogen) atoms. The van der Waals surface area contributed by atoms with Gasteiger partial charge in [0, 0.05) is 52.4 Å². The Kier molecular flexibility index (Phi) is 15.6. The molecule has 0 aliphatic heterocycles. The summed E-state index contributed by atoms with van der Waals surface area (Å²) in [7, 11) is 0. The zero-order valence-corrected chi connectivity index (χ0v) is 12.4. The van der Waals surface area contributed by atoms with Gasteiger partial charge >= 0.3 is 0 Å². The Morgan fingerprint density at radius 3 is 1.63 bits per heavy atom. The van der Waals surface area contributed by atoms with Crippen LogP contribution in [0.5, 0.6) is 0 Å². The Morgan fingerprint density at radius 2 is 1.16 bits per heavy atom. The molecule has 0 atom stereocenters. The third kappa shape index (κ3) is 14.0. The van der Waals surface area contributed by atoms with Crippen LogP contribution < -0.4 is 27.8 Å². The number of nitrogens with two attached hydrogens (primary N) is 3. The van der Waals surface area contributed by atoms with Crippen molar-refractivity contribution in [1.29, 1.82) is 0 Å². The molecular formula is C13H34N6. The van der Waals surface area contributed by atoms with Crippen LogP contribution in [0.1, 0.15) is 19.3 Å². The van der Waals surface area contributed by atoms with Crippen molar-refractivity contribution in [3.05, 3.63) is 0 Å². The average molecular weight is 274 g/mol. The number of nitrogens with zero attached hydrogens (tertiary/aromatic N) is 1. The Morgan fingerprint density at radius 1 is 0.579 bits per heavy atom. The van der Waals surface area contributed by atoms with Gasteiger partial charge in [-0.3, -0.25) is 0 Å². The molecule has 0 aromatic rings. The third-order valence-electron chi connectivity index (χ3n) is 3.03. The third-order valence-corrected chi connectivity index (χ3v) is 3.03. The Balaban J connectivity index is 3.66. The van der Waals surface area contributed by atoms with Crippen LogP contribution in [-0.4, -0.2) is 70.3 Å². The fourth-order valence-electron chi connectivity index (χ4n) is 1.92. The second-order valence-electron chi connectivity index (χ2n) is 4.77. The van der Waals surface area contributed by atoms with E-state index >= 15 is 0 Å². The van der Waals surface area contributed by atoms with E-state index in [1.54, 1.807) is 0 Å². The standard InChI is InChI=1S/C13H34N6/c14-4-2-1-3-11-19(12-9-17-7-5-15)13-10-18-8-6-16/h17-18H,1-16H2. The first-order valence-electron chi connectivity index (χ1n) is 7.59. The highest BCUT2D eigenvalue weighted by Crippen LogP contribution is 1.97. The summed E-state index contributed by atoms with van der Waals surface area (Å²) in [5, 5.41) is 6.68. The van der Waals surface area contributed by atoms with Crippen LogP contribution in [0.2, 0.25) is 0 Å². The van der Waals surface area contributed by atoms with E-state index in [0.29, 0.717) is 13.1 Å². The van der Waals surface area contributed by atoms with Crippen molar-refractivity contribution >= 4 is 0 Å². The quantitative estimate of drug-likeness (QED) is 0.233. The summed E-state index contributed by atoms with van der Waals surface area (Å²) in [6.45, 7) is 9.31. The maximum atomic E-state index is 5.52. The van der Waals surface area contributed by atoms with E-state index in [1.165, 1.54) is 12.8 Å². The molecule has 0 radical (unpaired) electrons. The minimum Gasteiger partial charge on any atom is -0.330 e. The summed E-state index contributed by atoms with van der Waals surface area (Å²) in [5.41, 5.74) is 16.4. The Labute approximate surface area is 118 Å². The minimum absolute atomic E-state index is 0.703. The molecule has 0 unspecified atom stereocenters. The van der Waals surface area contributed by atoms with E-state index < -0.39 is 0 Å². The van der Waals surface area contributed by atoms with E-state index in [0.717, 1.165) is 58.8 Å². The highest BCUT2D eigenvalue weighted by Gasteiger charge is 2.03. The summed E-state index contributed by atoms with van der Waals surface area (Å²) in [6, 6.07) is 0. The molecule has 6 nitrogen and oxygen atoms in total. The first kappa shape index (κ1) is 18.8. The average Bonchev–Trinajstić information content (AvgIpc) is 2.43. The van der Waals surface area contributed by atoms with Crippen molar-refractivity contribution in [2.75, 3.05) is 65.4 Å². The highest BCUT2D eigenvalue weighted by molar-refractivity contribution is 4.63. The van der Waals surface area contributed by atoms with Crippen molar-refractivity contribution in [3.63, 3.8) is 0 Å². The van der Waals surface area contributed by atoms with Gasteiger partial charge in [0.05, 0.1) is 0 Å². The van der Waals surface area contributed by atoms with Crippen LogP contribution in [-0.2, 0) is 0 Å². The molecule has 6 heteroatoms. The van der Waals surface area contributed by atoms with Crippen molar-refractivity contribution in [1.82, 2.24) is 15.5 Å². The topological polar surface area (TPSA) is 105 Å². The minimum atomic E-state index is 0.703. The summed E-state index contributed by atoms with van der Waals surface area (Å²) >= 11 is 0. The predicted octanol–water partition coefficient (Wildman–Crippen LogP) is -1.49. The molecule has 0 aromatic heterocycles. The molecule has 0 aliphatic rings. The van der Waals surface area contributed by atoms with Gasteiger partial charge in [-0.05, 0) is 25.9 Å². The molecule has 116 valence electrons. The number of unbranched alkanes of at least 4 members (excludes halogenated alkanes) is 2. The van der Waals surface area contributed by atoms with Crippen LogP contribution in [0.15, 0.2) is 0 Å². The van der Waals surface area contributed by atoms with Crippen LogP contribution in [0.3, 0.4) is 0 Å². The van der Waals surface area contributed by atoms with Gasteiger partial charge in [0.25, 0.3) is 0 Å². The largest absolute Gasteiger partial charge is 0.330 e. The van der Waals surface area contributed by atoms with Crippen LogP contribution in [0.4, 0.5) is 0 Å². The normalized spacial score (nSPS) is 11.4. The molecule has 0 aliphatic carbocycles. The fourth-order valence-corrected chi connectivity index (χ4v) is 1.92. The van der Waals surface area contributed by atoms with Crippen LogP contribution in [0, 0.1) is 0 Å². The Hall–Kier alpha value is -0.240. The molecule has 0 aromatic carbocycles. The lowest BCUT2D eigenvalue weighted by Gasteiger charge is -2.22. The monoisotopic (exact) mass is 274 g/mol. The number of rotatable bonds is 15. The van der Waals surface area contributed by atoms with Crippen molar-refractivity contribution in [2.24, 2.45) is 17.2 Å². The van der Waals surface area contributed by atoms with Crippen molar-refractivity contribution in [3.8, 4) is 0 Å². The highest BCUT2D eigenvalue weighted by atomic mass is 15.1. The van der Waals surface area contributed by atoms with E-state index in [2.05, 4.69) is 15.5 Å². The lowest BCUT2D eigenvalue weighted by atomic mass is 10.2. The van der Waals surface area contributed by atoms with E-state index in [-0.39, 0.29) is 0 Å². The number of hydrogen-bond donors (Lipinski definition) is 5. The molecule has 0 amide bonds. The molecule has 0 spiro atoms. The van der Waals surface area contributed by atoms with Gasteiger partial charge in [-0.2, -0.15) is 0 Å². The van der Waals surface area contributed by atoms with Gasteiger partial charge in [0.15, 0.2) is 0 Å². The van der Waals surface area contributed by atoms with E-state index in [1.807, 2.05) is 0 Å². The predicted molar refractivity (Wildman–Crippen MR) is 83.2 cm³/mol. The van der Waals surface area contributed by atoms with Crippen LogP contribution in [0.25, 0.3) is 0 Å². The lowest BCUT2D eigenvalue weighted by Crippen LogP contribution is -2.39. The Bertz CT molecular complexity index is 139. The van der Waals surface area contributed by atoms with Gasteiger partial charge in [-0.15, -0.1) is 0 Å². The second kappa shape index (κ2) is 15.8. The molecule has 0 rings (SSSR count). The zero-order chi connectivity index (χ0) is 14.2. The summed E-state index contributed by atoms with van der Waals surface area (Å²) < 4.78 is 0. The summed E-state index contributed by atoms with van der Waals surface area (Å²) in [6.07, 6.45) is 3.58. The van der Waals surface area contributed by atoms with Gasteiger partial charge in [-0.25, -0.2) is 0 Å². The zero-order valence-electron chi connectivity index (χ0n) is 12.4. The molecular weight excluding hydrogens is 240 g/mol. The number of hydrogen-bond acceptors (Lipinski definition) is 6. The van der Waals surface area contributed by atoms with Gasteiger partial charge in [0.1, 0.15) is 0 Å². The smallest absolute Gasteiger partial charge is 0.0107 e. The first-order chi connectivity index (χ1) is 9.35. The summed E-state index contributed by atoms with van der Waals surface area (Å²) in [4.78, 5) is 2.49. The molecule has 0 heterocycles. The molecule has 0 saturated carbocycles. The molecule has 0 fully saturated rings. The number of nitrogens with one attached hydrogen (secondary N) is 2. The maximum absolute atomic E-state index is 5.52. The SMILES string of the molecule is NCCCCCN(CCNCCN)CCNCCN. The molecule has 0 bridgehead atoms. The van der Waals surface area contributed by atoms with Gasteiger partial charge in [0.2, 0.25) is 0 Å². The fraction of sp³-hybridized carbons (Fsp3) is 1.00. The molecule has 0 saturated heterocycles. The first-order valence-corrected chi connectivity index (χ1v) is 7.59.